The van der Waals surface area contributed by atoms with Gasteiger partial charge in [0.15, 0.2) is 0 Å². The van der Waals surface area contributed by atoms with Gasteiger partial charge in [-0.2, -0.15) is 0 Å². The molecule has 0 aromatic carbocycles. The van der Waals surface area contributed by atoms with E-state index in [-0.39, 0.29) is 12.1 Å². The van der Waals surface area contributed by atoms with Crippen LogP contribution < -0.4 is 0 Å². The zero-order valence-electron chi connectivity index (χ0n) is 10.7. The number of hydrogen-bond acceptors (Lipinski definition) is 3. The maximum Gasteiger partial charge on any atom is 0.306 e. The van der Waals surface area contributed by atoms with Crippen LogP contribution in [0, 0.1) is 0 Å². The predicted octanol–water partition coefficient (Wildman–Crippen LogP) is 2.97. The van der Waals surface area contributed by atoms with E-state index in [9.17, 15) is 9.90 Å². The van der Waals surface area contributed by atoms with Gasteiger partial charge in [-0.25, -0.2) is 0 Å². The summed E-state index contributed by atoms with van der Waals surface area (Å²) < 4.78 is 5.44. The summed E-state index contributed by atoms with van der Waals surface area (Å²) in [7, 11) is 0. The van der Waals surface area contributed by atoms with E-state index in [0.717, 1.165) is 19.3 Å². The highest BCUT2D eigenvalue weighted by Crippen LogP contribution is 2.15. The molecule has 17 heavy (non-hydrogen) atoms. The number of aliphatic hydroxyl groups excluding tert-OH is 1. The summed E-state index contributed by atoms with van der Waals surface area (Å²) in [6, 6.07) is 0. The molecule has 0 radical (unpaired) electrons. The number of unbranched alkanes of at least 4 members (excludes halogenated alkanes) is 2. The van der Waals surface area contributed by atoms with Crippen LogP contribution in [0.4, 0.5) is 0 Å². The Morgan fingerprint density at radius 2 is 2.29 bits per heavy atom. The van der Waals surface area contributed by atoms with E-state index in [1.54, 1.807) is 0 Å². The van der Waals surface area contributed by atoms with Crippen LogP contribution in [0.1, 0.15) is 58.3 Å². The van der Waals surface area contributed by atoms with Gasteiger partial charge in [-0.15, -0.1) is 0 Å². The number of cyclic esters (lactones) is 1. The molecule has 0 fully saturated rings. The monoisotopic (exact) mass is 240 g/mol. The van der Waals surface area contributed by atoms with Crippen LogP contribution in [0.5, 0.6) is 0 Å². The first-order valence-corrected chi connectivity index (χ1v) is 6.76. The average Bonchev–Trinajstić information content (AvgIpc) is 2.28. The molecule has 0 saturated heterocycles. The van der Waals surface area contributed by atoms with Crippen molar-refractivity contribution >= 4 is 5.97 Å². The molecule has 98 valence electrons. The molecule has 2 atom stereocenters. The van der Waals surface area contributed by atoms with Crippen LogP contribution in [0.2, 0.25) is 0 Å². The lowest BCUT2D eigenvalue weighted by Crippen LogP contribution is -2.19. The number of esters is 1. The lowest BCUT2D eigenvalue weighted by molar-refractivity contribution is -0.149. The van der Waals surface area contributed by atoms with Gasteiger partial charge in [-0.05, 0) is 25.7 Å². The first kappa shape index (κ1) is 14.2. The van der Waals surface area contributed by atoms with Crippen molar-refractivity contribution in [2.45, 2.75) is 70.5 Å². The summed E-state index contributed by atoms with van der Waals surface area (Å²) in [5, 5.41) is 9.58. The summed E-state index contributed by atoms with van der Waals surface area (Å²) >= 11 is 0. The van der Waals surface area contributed by atoms with Crippen molar-refractivity contribution in [1.82, 2.24) is 0 Å². The topological polar surface area (TPSA) is 46.5 Å². The van der Waals surface area contributed by atoms with Gasteiger partial charge >= 0.3 is 5.97 Å². The fourth-order valence-electron chi connectivity index (χ4n) is 2.03. The molecule has 1 N–H and O–H groups in total. The lowest BCUT2D eigenvalue weighted by Gasteiger charge is -2.18. The molecule has 1 aliphatic rings. The molecular weight excluding hydrogens is 216 g/mol. The average molecular weight is 240 g/mol. The standard InChI is InChI=1S/C14H24O3/c1-2-3-4-9-13-10-5-7-12(15)8-6-11-14(16)17-13/h5,7,12-13,15H,2-4,6,8-11H2,1H3. The van der Waals surface area contributed by atoms with Gasteiger partial charge in [0, 0.05) is 12.8 Å². The first-order chi connectivity index (χ1) is 8.22. The van der Waals surface area contributed by atoms with Crippen LogP contribution in [0.25, 0.3) is 0 Å². The molecule has 0 aromatic heterocycles. The summed E-state index contributed by atoms with van der Waals surface area (Å²) in [6.45, 7) is 2.16. The Hall–Kier alpha value is -0.830. The van der Waals surface area contributed by atoms with E-state index in [4.69, 9.17) is 4.74 Å². The van der Waals surface area contributed by atoms with Crippen LogP contribution in [0.3, 0.4) is 0 Å². The maximum absolute atomic E-state index is 11.5. The Labute approximate surface area is 104 Å². The van der Waals surface area contributed by atoms with Crippen molar-refractivity contribution in [2.24, 2.45) is 0 Å². The van der Waals surface area contributed by atoms with Gasteiger partial charge in [-0.1, -0.05) is 31.9 Å². The predicted molar refractivity (Wildman–Crippen MR) is 67.6 cm³/mol. The van der Waals surface area contributed by atoms with E-state index in [2.05, 4.69) is 6.92 Å². The summed E-state index contributed by atoms with van der Waals surface area (Å²) in [5.74, 6) is -0.117. The Morgan fingerprint density at radius 3 is 3.06 bits per heavy atom. The van der Waals surface area contributed by atoms with Crippen molar-refractivity contribution < 1.29 is 14.6 Å². The summed E-state index contributed by atoms with van der Waals surface area (Å²) in [5.41, 5.74) is 0. The molecule has 0 saturated carbocycles. The van der Waals surface area contributed by atoms with Crippen molar-refractivity contribution in [2.75, 3.05) is 0 Å². The highest BCUT2D eigenvalue weighted by molar-refractivity contribution is 5.69. The zero-order valence-corrected chi connectivity index (χ0v) is 10.7. The SMILES string of the molecule is CCCCCC1CC=CC(O)CCCC(=O)O1. The van der Waals surface area contributed by atoms with Gasteiger partial charge in [0.2, 0.25) is 0 Å². The highest BCUT2D eigenvalue weighted by atomic mass is 16.5. The quantitative estimate of drug-likeness (QED) is 0.467. The maximum atomic E-state index is 11.5. The van der Waals surface area contributed by atoms with Gasteiger partial charge in [0.05, 0.1) is 6.10 Å². The van der Waals surface area contributed by atoms with Crippen molar-refractivity contribution in [3.63, 3.8) is 0 Å². The Morgan fingerprint density at radius 1 is 1.47 bits per heavy atom. The number of carbonyl (C=O) groups excluding carboxylic acids is 1. The van der Waals surface area contributed by atoms with Gasteiger partial charge in [-0.3, -0.25) is 4.79 Å². The Kier molecular flexibility index (Phi) is 6.94. The first-order valence-electron chi connectivity index (χ1n) is 6.76. The van der Waals surface area contributed by atoms with Gasteiger partial charge in [0.25, 0.3) is 0 Å². The zero-order chi connectivity index (χ0) is 12.5. The molecule has 0 aliphatic carbocycles. The third-order valence-corrected chi connectivity index (χ3v) is 3.07. The summed E-state index contributed by atoms with van der Waals surface area (Å²) in [6.07, 6.45) is 10.2. The molecule has 1 heterocycles. The van der Waals surface area contributed by atoms with Crippen molar-refractivity contribution in [1.29, 1.82) is 0 Å². The van der Waals surface area contributed by atoms with E-state index in [1.165, 1.54) is 12.8 Å². The van der Waals surface area contributed by atoms with Crippen molar-refractivity contribution in [3.05, 3.63) is 12.2 Å². The fraction of sp³-hybridized carbons (Fsp3) is 0.786. The second-order valence-corrected chi connectivity index (χ2v) is 4.73. The largest absolute Gasteiger partial charge is 0.462 e. The van der Waals surface area contributed by atoms with Crippen LogP contribution in [0.15, 0.2) is 12.2 Å². The molecule has 3 nitrogen and oxygen atoms in total. The third-order valence-electron chi connectivity index (χ3n) is 3.07. The van der Waals surface area contributed by atoms with E-state index in [0.29, 0.717) is 19.3 Å². The van der Waals surface area contributed by atoms with E-state index >= 15 is 0 Å². The molecule has 0 spiro atoms. The lowest BCUT2D eigenvalue weighted by atomic mass is 10.1. The second-order valence-electron chi connectivity index (χ2n) is 4.73. The molecule has 1 rings (SSSR count). The van der Waals surface area contributed by atoms with Crippen LogP contribution >= 0.6 is 0 Å². The summed E-state index contributed by atoms with van der Waals surface area (Å²) in [4.78, 5) is 11.5. The molecular formula is C14H24O3. The van der Waals surface area contributed by atoms with Gasteiger partial charge < -0.3 is 9.84 Å². The minimum absolute atomic E-state index is 0.00407. The molecule has 0 bridgehead atoms. The minimum Gasteiger partial charge on any atom is -0.462 e. The fourth-order valence-corrected chi connectivity index (χ4v) is 2.03. The third kappa shape index (κ3) is 6.47. The number of aliphatic hydroxyl groups is 1. The molecule has 1 aliphatic heterocycles. The highest BCUT2D eigenvalue weighted by Gasteiger charge is 2.15. The smallest absolute Gasteiger partial charge is 0.306 e. The Bertz CT molecular complexity index is 248. The number of carbonyl (C=O) groups is 1. The van der Waals surface area contributed by atoms with E-state index in [1.807, 2.05) is 12.2 Å². The van der Waals surface area contributed by atoms with Crippen molar-refractivity contribution in [3.8, 4) is 0 Å². The molecule has 0 aromatic rings. The Balaban J connectivity index is 2.44. The number of hydrogen-bond donors (Lipinski definition) is 1. The van der Waals surface area contributed by atoms with E-state index < -0.39 is 6.10 Å². The molecule has 2 unspecified atom stereocenters. The van der Waals surface area contributed by atoms with Gasteiger partial charge in [0.1, 0.15) is 6.10 Å². The molecule has 0 amide bonds. The van der Waals surface area contributed by atoms with Crippen LogP contribution in [-0.2, 0) is 9.53 Å². The second kappa shape index (κ2) is 8.29. The van der Waals surface area contributed by atoms with Crippen LogP contribution in [-0.4, -0.2) is 23.3 Å². The normalized spacial score (nSPS) is 26.6. The molecule has 3 heteroatoms. The number of rotatable bonds is 4. The number of ether oxygens (including phenoxy) is 1. The minimum atomic E-state index is -0.405.